The zero-order valence-electron chi connectivity index (χ0n) is 10.8. The molecule has 5 nitrogen and oxygen atoms in total. The Hall–Kier alpha value is -2.56. The van der Waals surface area contributed by atoms with Crippen LogP contribution in [0.25, 0.3) is 10.9 Å². The Balaban J connectivity index is 1.93. The average Bonchev–Trinajstić information content (AvgIpc) is 2.80. The molecule has 3 rings (SSSR count). The third-order valence-electron chi connectivity index (χ3n) is 2.98. The number of rotatable bonds is 3. The lowest BCUT2D eigenvalue weighted by atomic mass is 10.2. The highest BCUT2D eigenvalue weighted by atomic mass is 16.5. The second-order valence-electron chi connectivity index (χ2n) is 4.25. The van der Waals surface area contributed by atoms with E-state index in [1.165, 1.54) is 5.39 Å². The van der Waals surface area contributed by atoms with E-state index in [9.17, 15) is 0 Å². The third-order valence-corrected chi connectivity index (χ3v) is 2.98. The Bertz CT molecular complexity index is 720. The number of benzene rings is 1. The van der Waals surface area contributed by atoms with Crippen LogP contribution in [0.1, 0.15) is 0 Å². The lowest BCUT2D eigenvalue weighted by molar-refractivity contribution is 0.397. The van der Waals surface area contributed by atoms with Gasteiger partial charge in [-0.15, -0.1) is 0 Å². The van der Waals surface area contributed by atoms with E-state index in [1.807, 2.05) is 19.3 Å². The van der Waals surface area contributed by atoms with Gasteiger partial charge in [0.2, 0.25) is 11.8 Å². The monoisotopic (exact) mass is 254 g/mol. The van der Waals surface area contributed by atoms with Crippen molar-refractivity contribution in [1.82, 2.24) is 14.5 Å². The Morgan fingerprint density at radius 3 is 2.95 bits per heavy atom. The van der Waals surface area contributed by atoms with Gasteiger partial charge in [-0.1, -0.05) is 6.07 Å². The summed E-state index contributed by atoms with van der Waals surface area (Å²) in [5.41, 5.74) is 2.11. The van der Waals surface area contributed by atoms with Gasteiger partial charge in [0, 0.05) is 36.7 Å². The van der Waals surface area contributed by atoms with Crippen LogP contribution in [0.4, 0.5) is 11.6 Å². The second kappa shape index (κ2) is 4.61. The van der Waals surface area contributed by atoms with Crippen LogP contribution in [0.2, 0.25) is 0 Å². The number of anilines is 2. The molecular formula is C14H14N4O. The van der Waals surface area contributed by atoms with Gasteiger partial charge < -0.3 is 14.6 Å². The van der Waals surface area contributed by atoms with Crippen LogP contribution >= 0.6 is 0 Å². The van der Waals surface area contributed by atoms with E-state index in [2.05, 4.69) is 38.1 Å². The van der Waals surface area contributed by atoms with Crippen LogP contribution in [-0.4, -0.2) is 21.6 Å². The summed E-state index contributed by atoms with van der Waals surface area (Å²) >= 11 is 0. The minimum atomic E-state index is 0.521. The van der Waals surface area contributed by atoms with E-state index in [4.69, 9.17) is 4.74 Å². The maximum Gasteiger partial charge on any atom is 0.230 e. The van der Waals surface area contributed by atoms with Crippen molar-refractivity contribution in [3.63, 3.8) is 0 Å². The first-order chi connectivity index (χ1) is 9.26. The van der Waals surface area contributed by atoms with Gasteiger partial charge in [-0.2, -0.15) is 4.98 Å². The van der Waals surface area contributed by atoms with E-state index < -0.39 is 0 Å². The Morgan fingerprint density at radius 2 is 2.11 bits per heavy atom. The van der Waals surface area contributed by atoms with Crippen molar-refractivity contribution in [1.29, 1.82) is 0 Å². The topological polar surface area (TPSA) is 52.0 Å². The van der Waals surface area contributed by atoms with Crippen LogP contribution in [0, 0.1) is 0 Å². The van der Waals surface area contributed by atoms with E-state index in [0.29, 0.717) is 11.8 Å². The Kier molecular flexibility index (Phi) is 2.79. The minimum Gasteiger partial charge on any atom is -0.481 e. The quantitative estimate of drug-likeness (QED) is 0.780. The van der Waals surface area contributed by atoms with Crippen molar-refractivity contribution in [3.05, 3.63) is 42.7 Å². The molecule has 0 bridgehead atoms. The lowest BCUT2D eigenvalue weighted by Gasteiger charge is -2.06. The van der Waals surface area contributed by atoms with Gasteiger partial charge in [-0.25, -0.2) is 4.98 Å². The molecule has 0 radical (unpaired) electrons. The molecule has 1 aromatic carbocycles. The summed E-state index contributed by atoms with van der Waals surface area (Å²) in [5, 5.41) is 4.38. The number of hydrogen-bond acceptors (Lipinski definition) is 4. The normalized spacial score (nSPS) is 10.6. The summed E-state index contributed by atoms with van der Waals surface area (Å²) < 4.78 is 7.15. The molecule has 96 valence electrons. The SMILES string of the molecule is COc1ccnc(Nc2ccc3ccn(C)c3c2)n1. The van der Waals surface area contributed by atoms with Crippen LogP contribution in [0.3, 0.4) is 0 Å². The average molecular weight is 254 g/mol. The number of aryl methyl sites for hydroxylation is 1. The fraction of sp³-hybridized carbons (Fsp3) is 0.143. The summed E-state index contributed by atoms with van der Waals surface area (Å²) in [6.07, 6.45) is 3.70. The molecule has 0 aliphatic heterocycles. The molecule has 0 fully saturated rings. The van der Waals surface area contributed by atoms with Crippen LogP contribution in [-0.2, 0) is 7.05 Å². The molecule has 0 spiro atoms. The van der Waals surface area contributed by atoms with Crippen LogP contribution in [0.15, 0.2) is 42.7 Å². The van der Waals surface area contributed by atoms with Crippen LogP contribution in [0.5, 0.6) is 5.88 Å². The zero-order valence-corrected chi connectivity index (χ0v) is 10.8. The highest BCUT2D eigenvalue weighted by Crippen LogP contribution is 2.21. The molecule has 0 saturated carbocycles. The lowest BCUT2D eigenvalue weighted by Crippen LogP contribution is -1.98. The number of nitrogens with zero attached hydrogens (tertiary/aromatic N) is 3. The summed E-state index contributed by atoms with van der Waals surface area (Å²) in [6, 6.07) is 9.94. The highest BCUT2D eigenvalue weighted by molar-refractivity contribution is 5.84. The first-order valence-corrected chi connectivity index (χ1v) is 5.95. The Morgan fingerprint density at radius 1 is 1.21 bits per heavy atom. The number of hydrogen-bond donors (Lipinski definition) is 1. The second-order valence-corrected chi connectivity index (χ2v) is 4.25. The number of fused-ring (bicyclic) bond motifs is 1. The van der Waals surface area contributed by atoms with Gasteiger partial charge in [-0.05, 0) is 23.6 Å². The molecule has 1 N–H and O–H groups in total. The van der Waals surface area contributed by atoms with Gasteiger partial charge >= 0.3 is 0 Å². The van der Waals surface area contributed by atoms with Crippen molar-refractivity contribution >= 4 is 22.5 Å². The summed E-state index contributed by atoms with van der Waals surface area (Å²) in [7, 11) is 3.61. The van der Waals surface area contributed by atoms with Crippen molar-refractivity contribution in [2.45, 2.75) is 0 Å². The zero-order chi connectivity index (χ0) is 13.2. The largest absolute Gasteiger partial charge is 0.481 e. The number of methoxy groups -OCH3 is 1. The minimum absolute atomic E-state index is 0.521. The third kappa shape index (κ3) is 2.22. The number of nitrogens with one attached hydrogen (secondary N) is 1. The molecule has 2 aromatic heterocycles. The first kappa shape index (κ1) is 11.5. The van der Waals surface area contributed by atoms with E-state index in [0.717, 1.165) is 11.2 Å². The molecule has 0 amide bonds. The van der Waals surface area contributed by atoms with E-state index in [1.54, 1.807) is 19.4 Å². The predicted octanol–water partition coefficient (Wildman–Crippen LogP) is 2.72. The van der Waals surface area contributed by atoms with Gasteiger partial charge in [0.25, 0.3) is 0 Å². The van der Waals surface area contributed by atoms with Gasteiger partial charge in [0.15, 0.2) is 0 Å². The highest BCUT2D eigenvalue weighted by Gasteiger charge is 2.03. The molecule has 2 heterocycles. The van der Waals surface area contributed by atoms with Crippen molar-refractivity contribution in [2.75, 3.05) is 12.4 Å². The standard InChI is InChI=1S/C14H14N4O/c1-18-8-6-10-3-4-11(9-12(10)18)16-14-15-7-5-13(17-14)19-2/h3-9H,1-2H3,(H,15,16,17). The predicted molar refractivity (Wildman–Crippen MR) is 74.8 cm³/mol. The maximum absolute atomic E-state index is 5.07. The summed E-state index contributed by atoms with van der Waals surface area (Å²) in [4.78, 5) is 8.39. The van der Waals surface area contributed by atoms with E-state index >= 15 is 0 Å². The van der Waals surface area contributed by atoms with Crippen molar-refractivity contribution in [3.8, 4) is 5.88 Å². The first-order valence-electron chi connectivity index (χ1n) is 5.95. The molecule has 5 heteroatoms. The Labute approximate surface area is 110 Å². The fourth-order valence-corrected chi connectivity index (χ4v) is 1.99. The molecule has 3 aromatic rings. The van der Waals surface area contributed by atoms with E-state index in [-0.39, 0.29) is 0 Å². The molecule has 0 aliphatic rings. The molecular weight excluding hydrogens is 240 g/mol. The van der Waals surface area contributed by atoms with Gasteiger partial charge in [-0.3, -0.25) is 0 Å². The number of ether oxygens (including phenoxy) is 1. The van der Waals surface area contributed by atoms with Crippen LogP contribution < -0.4 is 10.1 Å². The smallest absolute Gasteiger partial charge is 0.230 e. The molecule has 0 unspecified atom stereocenters. The molecule has 0 aliphatic carbocycles. The fourth-order valence-electron chi connectivity index (χ4n) is 1.99. The van der Waals surface area contributed by atoms with Crippen molar-refractivity contribution in [2.24, 2.45) is 7.05 Å². The van der Waals surface area contributed by atoms with Gasteiger partial charge in [0.1, 0.15) is 0 Å². The molecule has 0 atom stereocenters. The molecule has 19 heavy (non-hydrogen) atoms. The molecule has 0 saturated heterocycles. The van der Waals surface area contributed by atoms with Crippen molar-refractivity contribution < 1.29 is 4.74 Å². The summed E-state index contributed by atoms with van der Waals surface area (Å²) in [6.45, 7) is 0. The summed E-state index contributed by atoms with van der Waals surface area (Å²) in [5.74, 6) is 1.06. The maximum atomic E-state index is 5.07. The number of aromatic nitrogens is 3. The van der Waals surface area contributed by atoms with Gasteiger partial charge in [0.05, 0.1) is 7.11 Å².